The first-order chi connectivity index (χ1) is 21.8. The third-order valence-corrected chi connectivity index (χ3v) is 8.66. The zero-order valence-corrected chi connectivity index (χ0v) is 24.1. The van der Waals surface area contributed by atoms with Crippen LogP contribution in [-0.4, -0.2) is 111 Å². The number of fused-ring (bicyclic) bond motifs is 1. The first-order valence-electron chi connectivity index (χ1n) is 13.5. The fourth-order valence-electron chi connectivity index (χ4n) is 5.32. The molecule has 0 radical (unpaired) electrons. The van der Waals surface area contributed by atoms with E-state index in [0.29, 0.717) is 11.5 Å². The first kappa shape index (κ1) is 30.5. The monoisotopic (exact) mass is 662 g/mol. The maximum Gasteiger partial charge on any atom is 0.455 e. The molecule has 2 amide bonds. The number of aromatic hydroxyl groups is 1. The summed E-state index contributed by atoms with van der Waals surface area (Å²) in [5.74, 6) is -7.12. The zero-order valence-electron chi connectivity index (χ0n) is 23.3. The number of rotatable bonds is 9. The van der Waals surface area contributed by atoms with Gasteiger partial charge in [-0.05, 0) is 6.42 Å². The number of carbonyl (C=O) groups excluding carboxylic acids is 3. The minimum absolute atomic E-state index is 0.0487. The number of aliphatic hydroxyl groups excluding tert-OH is 1. The van der Waals surface area contributed by atoms with Gasteiger partial charge in [-0.15, -0.1) is 11.3 Å². The molecule has 242 valence electrons. The summed E-state index contributed by atoms with van der Waals surface area (Å²) < 4.78 is 7.24. The molecule has 6 rings (SSSR count). The molecule has 2 saturated heterocycles. The fourth-order valence-corrected chi connectivity index (χ4v) is 5.87. The molecule has 3 aliphatic heterocycles. The molecule has 3 fully saturated rings. The van der Waals surface area contributed by atoms with Crippen LogP contribution >= 0.6 is 11.3 Å². The fraction of sp³-hybridized carbons (Fsp3) is 0.400. The number of nitrogen functional groups attached to an aromatic ring is 1. The molecule has 4 aliphatic rings. The normalized spacial score (nSPS) is 25.2. The SMILES string of the molecule is Nc1nc(/C(=N/OC2(C(=O)O)CCC2)C(=O)N[C@H]2CON(C3(C(=O)O)CC([N+]4=C(O)n5cc(O)c(=O)cc5C4)C(=O)O3)C2=O)cs1. The number of thiazole rings is 1. The van der Waals surface area contributed by atoms with Gasteiger partial charge in [0.25, 0.3) is 11.8 Å². The van der Waals surface area contributed by atoms with Gasteiger partial charge in [0, 0.05) is 24.3 Å². The Labute approximate surface area is 259 Å². The number of aromatic nitrogens is 2. The molecule has 0 bridgehead atoms. The number of nitrogens with zero attached hydrogens (tertiary/aromatic N) is 5. The molecule has 20 nitrogen and oxygen atoms in total. The lowest BCUT2D eigenvalue weighted by Crippen LogP contribution is -2.57. The number of carbonyl (C=O) groups is 5. The second-order valence-corrected chi connectivity index (χ2v) is 11.6. The van der Waals surface area contributed by atoms with E-state index >= 15 is 0 Å². The number of pyridine rings is 1. The van der Waals surface area contributed by atoms with Gasteiger partial charge in [-0.25, -0.2) is 23.9 Å². The Bertz CT molecular complexity index is 1830. The summed E-state index contributed by atoms with van der Waals surface area (Å²) in [7, 11) is 0. The number of carboxylic acid groups (broad SMARTS) is 2. The molecular formula is C25H24N7O13S+. The van der Waals surface area contributed by atoms with Gasteiger partial charge in [0.2, 0.25) is 22.8 Å². The Kier molecular flexibility index (Phi) is 7.15. The number of hydroxylamine groups is 2. The van der Waals surface area contributed by atoms with Gasteiger partial charge >= 0.3 is 29.7 Å². The lowest BCUT2D eigenvalue weighted by Gasteiger charge is -2.34. The summed E-state index contributed by atoms with van der Waals surface area (Å²) in [5.41, 5.74) is 0.118. The predicted molar refractivity (Wildman–Crippen MR) is 147 cm³/mol. The number of cyclic esters (lactones) is 1. The number of ether oxygens (including phenoxy) is 1. The first-order valence-corrected chi connectivity index (χ1v) is 14.4. The summed E-state index contributed by atoms with van der Waals surface area (Å²) >= 11 is 0.949. The largest absolute Gasteiger partial charge is 0.502 e. The van der Waals surface area contributed by atoms with Crippen molar-refractivity contribution in [3.8, 4) is 5.75 Å². The number of amides is 2. The predicted octanol–water partition coefficient (Wildman–Crippen LogP) is -2.34. The van der Waals surface area contributed by atoms with Crippen LogP contribution in [0.4, 0.5) is 5.13 Å². The Morgan fingerprint density at radius 1 is 1.20 bits per heavy atom. The van der Waals surface area contributed by atoms with E-state index in [1.807, 2.05) is 0 Å². The number of carboxylic acids is 2. The Hall–Kier alpha value is -5.57. The molecule has 1 saturated carbocycles. The van der Waals surface area contributed by atoms with Crippen molar-refractivity contribution in [3.63, 3.8) is 0 Å². The van der Waals surface area contributed by atoms with Crippen LogP contribution in [0, 0.1) is 0 Å². The van der Waals surface area contributed by atoms with Crippen LogP contribution in [0.2, 0.25) is 0 Å². The summed E-state index contributed by atoms with van der Waals surface area (Å²) in [6.07, 6.45) is 1.01. The third-order valence-electron chi connectivity index (χ3n) is 7.98. The number of aliphatic carboxylic acids is 2. The van der Waals surface area contributed by atoms with E-state index < -0.39 is 89.1 Å². The molecule has 7 N–H and O–H groups in total. The molecule has 2 unspecified atom stereocenters. The number of nitrogens with two attached hydrogens (primary N) is 1. The van der Waals surface area contributed by atoms with Crippen molar-refractivity contribution in [2.75, 3.05) is 12.3 Å². The summed E-state index contributed by atoms with van der Waals surface area (Å²) in [4.78, 5) is 90.4. The number of aliphatic hydroxyl groups is 1. The molecule has 5 heterocycles. The highest BCUT2D eigenvalue weighted by Gasteiger charge is 2.65. The zero-order chi connectivity index (χ0) is 33.1. The van der Waals surface area contributed by atoms with Crippen LogP contribution < -0.4 is 16.5 Å². The molecule has 1 aliphatic carbocycles. The van der Waals surface area contributed by atoms with Crippen LogP contribution in [0.5, 0.6) is 5.75 Å². The van der Waals surface area contributed by atoms with Gasteiger partial charge in [-0.2, -0.15) is 9.63 Å². The lowest BCUT2D eigenvalue weighted by molar-refractivity contribution is -0.570. The van der Waals surface area contributed by atoms with E-state index in [-0.39, 0.29) is 35.9 Å². The smallest absolute Gasteiger partial charge is 0.455 e. The molecule has 46 heavy (non-hydrogen) atoms. The average Bonchev–Trinajstić information content (AvgIpc) is 3.72. The van der Waals surface area contributed by atoms with Gasteiger partial charge in [-0.1, -0.05) is 5.16 Å². The Morgan fingerprint density at radius 3 is 2.54 bits per heavy atom. The lowest BCUT2D eigenvalue weighted by atomic mass is 9.80. The molecule has 3 atom stereocenters. The van der Waals surface area contributed by atoms with E-state index in [4.69, 9.17) is 20.1 Å². The standard InChI is InChI=1S/C25H23N7O13S/c26-22-28-12(9-46-22)16(29-45-24(20(38)39)2-1-3-24)17(35)27-11-8-43-32(18(11)36)25(21(40)41)5-13(19(37)44-25)31-6-10-4-14(33)15(34)7-30(10)23(31)42/h4,7,9,11,13H,1-3,5-6,8H2,(H6,26,27,28,34,35,38,39,40,41)/p+1/b29-16-/t11-,13?,25?/m0/s1. The van der Waals surface area contributed by atoms with Crippen molar-refractivity contribution in [2.45, 2.75) is 55.6 Å². The molecule has 2 aromatic heterocycles. The van der Waals surface area contributed by atoms with Crippen molar-refractivity contribution in [3.05, 3.63) is 39.3 Å². The topological polar surface area (TPSA) is 286 Å². The minimum atomic E-state index is -2.73. The van der Waals surface area contributed by atoms with Crippen LogP contribution in [0.1, 0.15) is 37.1 Å². The number of hydrogen-bond donors (Lipinski definition) is 6. The maximum atomic E-state index is 13.4. The highest BCUT2D eigenvalue weighted by molar-refractivity contribution is 7.13. The summed E-state index contributed by atoms with van der Waals surface area (Å²) in [5, 5.41) is 47.9. The van der Waals surface area contributed by atoms with Gasteiger partial charge in [-0.3, -0.25) is 19.2 Å². The van der Waals surface area contributed by atoms with Gasteiger partial charge in [0.05, 0.1) is 6.42 Å². The van der Waals surface area contributed by atoms with Crippen molar-refractivity contribution in [1.29, 1.82) is 0 Å². The third kappa shape index (κ3) is 4.75. The van der Waals surface area contributed by atoms with Crippen LogP contribution in [0.25, 0.3) is 0 Å². The number of nitrogens with one attached hydrogen (secondary N) is 1. The highest BCUT2D eigenvalue weighted by Crippen LogP contribution is 2.38. The van der Waals surface area contributed by atoms with Gasteiger partial charge in [0.1, 0.15) is 24.5 Å². The second kappa shape index (κ2) is 10.8. The Morgan fingerprint density at radius 2 is 1.93 bits per heavy atom. The van der Waals surface area contributed by atoms with Crippen molar-refractivity contribution < 1.29 is 63.4 Å². The Balaban J connectivity index is 1.22. The van der Waals surface area contributed by atoms with E-state index in [0.717, 1.165) is 32.7 Å². The molecule has 2 aromatic rings. The van der Waals surface area contributed by atoms with Gasteiger partial charge in [0.15, 0.2) is 23.1 Å². The highest BCUT2D eigenvalue weighted by atomic mass is 32.1. The van der Waals surface area contributed by atoms with E-state index in [1.165, 1.54) is 5.38 Å². The van der Waals surface area contributed by atoms with Crippen molar-refractivity contribution in [1.82, 2.24) is 19.9 Å². The summed E-state index contributed by atoms with van der Waals surface area (Å²) in [6, 6.07) is -2.62. The van der Waals surface area contributed by atoms with Crippen LogP contribution in [0.15, 0.2) is 27.6 Å². The number of hydrogen-bond acceptors (Lipinski definition) is 14. The molecule has 0 spiro atoms. The van der Waals surface area contributed by atoms with Crippen molar-refractivity contribution in [2.24, 2.45) is 5.16 Å². The maximum absolute atomic E-state index is 13.4. The average molecular weight is 663 g/mol. The van der Waals surface area contributed by atoms with E-state index in [9.17, 15) is 49.2 Å². The number of esters is 1. The second-order valence-electron chi connectivity index (χ2n) is 10.8. The van der Waals surface area contributed by atoms with Crippen LogP contribution in [0.3, 0.4) is 0 Å². The number of anilines is 1. The number of oxime groups is 1. The van der Waals surface area contributed by atoms with E-state index in [1.54, 1.807) is 0 Å². The molecular weight excluding hydrogens is 638 g/mol. The molecule has 0 aromatic carbocycles. The quantitative estimate of drug-likeness (QED) is 0.0710. The van der Waals surface area contributed by atoms with E-state index in [2.05, 4.69) is 15.5 Å². The van der Waals surface area contributed by atoms with Crippen molar-refractivity contribution >= 4 is 57.9 Å². The van der Waals surface area contributed by atoms with Crippen LogP contribution in [-0.2, 0) is 44.9 Å². The summed E-state index contributed by atoms with van der Waals surface area (Å²) in [6.45, 7) is -0.860. The van der Waals surface area contributed by atoms with Gasteiger partial charge < -0.3 is 41.1 Å². The molecule has 21 heteroatoms. The minimum Gasteiger partial charge on any atom is -0.502 e.